The van der Waals surface area contributed by atoms with Crippen LogP contribution in [0.25, 0.3) is 21.4 Å². The number of benzene rings is 2. The van der Waals surface area contributed by atoms with Crippen LogP contribution in [-0.4, -0.2) is 39.4 Å². The van der Waals surface area contributed by atoms with Crippen LogP contribution in [0.15, 0.2) is 48.7 Å². The fraction of sp³-hybridized carbons (Fsp3) is 0.0870. The summed E-state index contributed by atoms with van der Waals surface area (Å²) < 4.78 is 43.6. The molecular formula is C23H13Cl2F3N6O3. The standard InChI is InChI=1S/C23H13Cl2F3N6O3/c1-30-12-4-5-13-11(7-12)8-14(20(29)35)19(18(13)25)32-22(36)16-9-17(37-10-23(26,27)28)33-34(16)21-15(24)3-2-6-31-21/h2-9H,10H2,(H2,29,35)(H,32,36). The van der Waals surface area contributed by atoms with Gasteiger partial charge in [-0.1, -0.05) is 35.3 Å². The van der Waals surface area contributed by atoms with Gasteiger partial charge in [0.25, 0.3) is 11.8 Å². The van der Waals surface area contributed by atoms with Crippen molar-refractivity contribution in [3.63, 3.8) is 0 Å². The number of primary amides is 1. The summed E-state index contributed by atoms with van der Waals surface area (Å²) >= 11 is 12.7. The highest BCUT2D eigenvalue weighted by Gasteiger charge is 2.30. The maximum Gasteiger partial charge on any atom is 0.422 e. The van der Waals surface area contributed by atoms with Gasteiger partial charge in [0.15, 0.2) is 18.1 Å². The Labute approximate surface area is 216 Å². The van der Waals surface area contributed by atoms with Crippen LogP contribution in [0.5, 0.6) is 5.88 Å². The third-order valence-corrected chi connectivity index (χ3v) is 5.62. The molecule has 4 aromatic rings. The number of ether oxygens (including phenoxy) is 1. The van der Waals surface area contributed by atoms with Gasteiger partial charge in [-0.2, -0.15) is 13.2 Å². The zero-order valence-electron chi connectivity index (χ0n) is 18.3. The molecule has 0 unspecified atom stereocenters. The number of aromatic nitrogens is 3. The summed E-state index contributed by atoms with van der Waals surface area (Å²) in [6, 6.07) is 9.78. The van der Waals surface area contributed by atoms with Gasteiger partial charge < -0.3 is 15.8 Å². The molecular weight excluding hydrogens is 536 g/mol. The number of nitrogens with zero attached hydrogens (tertiary/aromatic N) is 4. The molecule has 0 aliphatic carbocycles. The Morgan fingerprint density at radius 3 is 2.59 bits per heavy atom. The third-order valence-electron chi connectivity index (χ3n) is 4.94. The van der Waals surface area contributed by atoms with Crippen molar-refractivity contribution in [3.8, 4) is 11.7 Å². The first-order valence-electron chi connectivity index (χ1n) is 10.1. The van der Waals surface area contributed by atoms with Gasteiger partial charge in [-0.05, 0) is 35.0 Å². The lowest BCUT2D eigenvalue weighted by molar-refractivity contribution is -0.154. The van der Waals surface area contributed by atoms with Crippen LogP contribution >= 0.6 is 23.2 Å². The van der Waals surface area contributed by atoms with Gasteiger partial charge in [0.05, 0.1) is 27.9 Å². The maximum absolute atomic E-state index is 13.3. The average Bonchev–Trinajstić information content (AvgIpc) is 3.28. The lowest BCUT2D eigenvalue weighted by atomic mass is 10.0. The molecule has 2 amide bonds. The molecule has 0 fully saturated rings. The van der Waals surface area contributed by atoms with E-state index < -0.39 is 30.5 Å². The minimum absolute atomic E-state index is 0.0409. The van der Waals surface area contributed by atoms with E-state index in [-0.39, 0.29) is 32.8 Å². The monoisotopic (exact) mass is 548 g/mol. The molecule has 4 rings (SSSR count). The second-order valence-corrected chi connectivity index (χ2v) is 8.23. The van der Waals surface area contributed by atoms with Crippen LogP contribution in [0.1, 0.15) is 20.8 Å². The number of halogens is 5. The summed E-state index contributed by atoms with van der Waals surface area (Å²) in [5, 5.41) is 7.19. The second-order valence-electron chi connectivity index (χ2n) is 7.44. The smallest absolute Gasteiger partial charge is 0.422 e. The van der Waals surface area contributed by atoms with E-state index in [2.05, 4.69) is 25.0 Å². The first kappa shape index (κ1) is 25.7. The Morgan fingerprint density at radius 2 is 1.95 bits per heavy atom. The molecule has 0 aliphatic rings. The number of hydrogen-bond acceptors (Lipinski definition) is 5. The Kier molecular flexibility index (Phi) is 6.93. The Balaban J connectivity index is 1.81. The van der Waals surface area contributed by atoms with E-state index in [4.69, 9.17) is 35.5 Å². The van der Waals surface area contributed by atoms with E-state index in [0.717, 1.165) is 10.7 Å². The number of rotatable bonds is 6. The number of alkyl halides is 3. The van der Waals surface area contributed by atoms with Gasteiger partial charge in [-0.25, -0.2) is 14.5 Å². The predicted octanol–water partition coefficient (Wildman–Crippen LogP) is 5.57. The molecule has 0 spiro atoms. The van der Waals surface area contributed by atoms with Gasteiger partial charge >= 0.3 is 6.18 Å². The molecule has 0 atom stereocenters. The fourth-order valence-corrected chi connectivity index (χ4v) is 3.88. The highest BCUT2D eigenvalue weighted by atomic mass is 35.5. The van der Waals surface area contributed by atoms with Crippen LogP contribution in [0, 0.1) is 6.57 Å². The fourth-order valence-electron chi connectivity index (χ4n) is 3.36. The number of anilines is 1. The van der Waals surface area contributed by atoms with Crippen LogP contribution in [0.4, 0.5) is 24.5 Å². The van der Waals surface area contributed by atoms with E-state index in [1.54, 1.807) is 0 Å². The molecule has 0 radical (unpaired) electrons. The Morgan fingerprint density at radius 1 is 1.19 bits per heavy atom. The largest absolute Gasteiger partial charge is 0.467 e. The number of fused-ring (bicyclic) bond motifs is 1. The summed E-state index contributed by atoms with van der Waals surface area (Å²) in [4.78, 5) is 32.9. The summed E-state index contributed by atoms with van der Waals surface area (Å²) in [7, 11) is 0. The number of carbonyl (C=O) groups is 2. The number of pyridine rings is 1. The molecule has 3 N–H and O–H groups in total. The predicted molar refractivity (Wildman–Crippen MR) is 130 cm³/mol. The highest BCUT2D eigenvalue weighted by molar-refractivity contribution is 6.40. The number of nitrogens with one attached hydrogen (secondary N) is 1. The molecule has 2 aromatic heterocycles. The first-order valence-corrected chi connectivity index (χ1v) is 10.9. The Hall–Kier alpha value is -4.34. The number of carbonyl (C=O) groups excluding carboxylic acids is 2. The SMILES string of the molecule is [C-]#[N+]c1ccc2c(Cl)c(NC(=O)c3cc(OCC(F)(F)F)nn3-c3ncccc3Cl)c(C(N)=O)cc2c1. The van der Waals surface area contributed by atoms with Crippen molar-refractivity contribution in [1.29, 1.82) is 0 Å². The molecule has 0 bridgehead atoms. The van der Waals surface area contributed by atoms with Crippen molar-refractivity contribution < 1.29 is 27.5 Å². The van der Waals surface area contributed by atoms with E-state index in [1.807, 2.05) is 0 Å². The first-order chi connectivity index (χ1) is 17.5. The van der Waals surface area contributed by atoms with Gasteiger partial charge in [-0.15, -0.1) is 5.10 Å². The highest BCUT2D eigenvalue weighted by Crippen LogP contribution is 2.37. The molecule has 188 valence electrons. The minimum Gasteiger partial charge on any atom is -0.467 e. The maximum atomic E-state index is 13.3. The molecule has 0 saturated carbocycles. The van der Waals surface area contributed by atoms with E-state index in [9.17, 15) is 22.8 Å². The topological polar surface area (TPSA) is 116 Å². The van der Waals surface area contributed by atoms with E-state index >= 15 is 0 Å². The van der Waals surface area contributed by atoms with E-state index in [1.165, 1.54) is 42.6 Å². The van der Waals surface area contributed by atoms with Gasteiger partial charge in [0, 0.05) is 12.3 Å². The van der Waals surface area contributed by atoms with Crippen molar-refractivity contribution in [2.24, 2.45) is 5.73 Å². The van der Waals surface area contributed by atoms with Crippen molar-refractivity contribution in [2.45, 2.75) is 6.18 Å². The van der Waals surface area contributed by atoms with Crippen molar-refractivity contribution in [2.75, 3.05) is 11.9 Å². The van der Waals surface area contributed by atoms with Crippen LogP contribution in [0.3, 0.4) is 0 Å². The molecule has 9 nitrogen and oxygen atoms in total. The van der Waals surface area contributed by atoms with Crippen LogP contribution in [-0.2, 0) is 0 Å². The van der Waals surface area contributed by atoms with Crippen LogP contribution in [0.2, 0.25) is 10.0 Å². The molecule has 37 heavy (non-hydrogen) atoms. The zero-order valence-corrected chi connectivity index (χ0v) is 19.8. The van der Waals surface area contributed by atoms with Gasteiger partial charge in [-0.3, -0.25) is 9.59 Å². The number of nitrogens with two attached hydrogens (primary N) is 1. The summed E-state index contributed by atoms with van der Waals surface area (Å²) in [5.41, 5.74) is 5.15. The average molecular weight is 549 g/mol. The summed E-state index contributed by atoms with van der Waals surface area (Å²) in [5.74, 6) is -2.46. The second kappa shape index (κ2) is 9.96. The normalized spacial score (nSPS) is 11.2. The lowest BCUT2D eigenvalue weighted by Gasteiger charge is -2.14. The zero-order chi connectivity index (χ0) is 26.9. The lowest BCUT2D eigenvalue weighted by Crippen LogP contribution is -2.21. The summed E-state index contributed by atoms with van der Waals surface area (Å²) in [6.07, 6.45) is -3.32. The minimum atomic E-state index is -4.66. The Bertz CT molecular complexity index is 1600. The molecule has 0 aliphatic heterocycles. The van der Waals surface area contributed by atoms with Gasteiger partial charge in [0.2, 0.25) is 5.88 Å². The molecule has 2 heterocycles. The quantitative estimate of drug-likeness (QED) is 0.305. The van der Waals surface area contributed by atoms with Crippen LogP contribution < -0.4 is 15.8 Å². The molecule has 2 aromatic carbocycles. The van der Waals surface area contributed by atoms with Crippen molar-refractivity contribution >= 4 is 57.2 Å². The number of hydrogen-bond donors (Lipinski definition) is 2. The molecule has 0 saturated heterocycles. The van der Waals surface area contributed by atoms with Crippen molar-refractivity contribution in [1.82, 2.24) is 14.8 Å². The van der Waals surface area contributed by atoms with Crippen molar-refractivity contribution in [3.05, 3.63) is 81.4 Å². The number of amides is 2. The third kappa shape index (κ3) is 5.42. The van der Waals surface area contributed by atoms with E-state index in [0.29, 0.717) is 16.5 Å². The summed E-state index contributed by atoms with van der Waals surface area (Å²) in [6.45, 7) is 5.50. The molecule has 14 heteroatoms. The van der Waals surface area contributed by atoms with Gasteiger partial charge in [0.1, 0.15) is 5.69 Å².